The Morgan fingerprint density at radius 3 is 2.28 bits per heavy atom. The maximum atomic E-state index is 12.7. The molecule has 0 radical (unpaired) electrons. The number of nitrogens with one attached hydrogen (secondary N) is 2. The molecule has 1 fully saturated rings. The van der Waals surface area contributed by atoms with Gasteiger partial charge in [0, 0.05) is 18.2 Å². The zero-order valence-electron chi connectivity index (χ0n) is 17.8. The molecule has 7 heteroatoms. The lowest BCUT2D eigenvalue weighted by Crippen LogP contribution is -2.36. The Bertz CT molecular complexity index is 1030. The van der Waals surface area contributed by atoms with Crippen molar-refractivity contribution in [3.63, 3.8) is 0 Å². The van der Waals surface area contributed by atoms with Gasteiger partial charge in [0.15, 0.2) is 0 Å². The van der Waals surface area contributed by atoms with Gasteiger partial charge in [0.2, 0.25) is 0 Å². The van der Waals surface area contributed by atoms with Crippen molar-refractivity contribution in [2.75, 3.05) is 0 Å². The maximum absolute atomic E-state index is 12.7. The van der Waals surface area contributed by atoms with Crippen LogP contribution >= 0.6 is 11.6 Å². The molecular weight excluding hydrogens is 426 g/mol. The number of halogens is 1. The summed E-state index contributed by atoms with van der Waals surface area (Å²) in [5.74, 6) is -1.000. The van der Waals surface area contributed by atoms with Crippen molar-refractivity contribution in [2.45, 2.75) is 51.2 Å². The number of carbonyl (C=O) groups is 3. The molecule has 0 spiro atoms. The highest BCUT2D eigenvalue weighted by Crippen LogP contribution is 2.24. The van der Waals surface area contributed by atoms with E-state index in [2.05, 4.69) is 10.6 Å². The summed E-state index contributed by atoms with van der Waals surface area (Å²) in [5.41, 5.74) is 2.43. The summed E-state index contributed by atoms with van der Waals surface area (Å²) in [6, 6.07) is 16.8. The fourth-order valence-corrected chi connectivity index (χ4v) is 4.34. The maximum Gasteiger partial charge on any atom is 0.278 e. The van der Waals surface area contributed by atoms with Crippen LogP contribution in [0.1, 0.15) is 53.6 Å². The molecule has 2 aromatic rings. The van der Waals surface area contributed by atoms with E-state index in [1.807, 2.05) is 42.5 Å². The molecule has 32 heavy (non-hydrogen) atoms. The third kappa shape index (κ3) is 5.02. The average molecular weight is 452 g/mol. The van der Waals surface area contributed by atoms with E-state index in [0.717, 1.165) is 41.7 Å². The highest BCUT2D eigenvalue weighted by molar-refractivity contribution is 6.47. The quantitative estimate of drug-likeness (QED) is 0.626. The monoisotopic (exact) mass is 451 g/mol. The van der Waals surface area contributed by atoms with Crippen molar-refractivity contribution in [3.8, 4) is 0 Å². The predicted octanol–water partition coefficient (Wildman–Crippen LogP) is 3.86. The number of hydrogen-bond acceptors (Lipinski definition) is 4. The van der Waals surface area contributed by atoms with E-state index in [1.165, 1.54) is 6.42 Å². The Hall–Kier alpha value is -3.12. The Morgan fingerprint density at radius 1 is 0.906 bits per heavy atom. The molecule has 3 amide bonds. The molecule has 0 aromatic heterocycles. The lowest BCUT2D eigenvalue weighted by molar-refractivity contribution is -0.138. The molecule has 0 bridgehead atoms. The summed E-state index contributed by atoms with van der Waals surface area (Å²) >= 11 is 6.16. The van der Waals surface area contributed by atoms with Crippen LogP contribution in [0.25, 0.3) is 0 Å². The molecule has 2 aromatic carbocycles. The Labute approximate surface area is 192 Å². The summed E-state index contributed by atoms with van der Waals surface area (Å²) < 4.78 is 0. The topological polar surface area (TPSA) is 78.5 Å². The summed E-state index contributed by atoms with van der Waals surface area (Å²) in [7, 11) is 0. The molecule has 2 N–H and O–H groups in total. The van der Waals surface area contributed by atoms with Crippen LogP contribution < -0.4 is 10.6 Å². The molecule has 1 heterocycles. The number of amides is 3. The van der Waals surface area contributed by atoms with E-state index in [4.69, 9.17) is 11.6 Å². The van der Waals surface area contributed by atoms with Crippen LogP contribution in [0.3, 0.4) is 0 Å². The van der Waals surface area contributed by atoms with Crippen molar-refractivity contribution in [1.82, 2.24) is 15.5 Å². The SMILES string of the molecule is O=C(NC1CCCCC1)c1ccc(CNC2=C(Cl)C(=O)N(Cc3ccccc3)C2=O)cc1. The third-order valence-electron chi connectivity index (χ3n) is 5.92. The van der Waals surface area contributed by atoms with Gasteiger partial charge in [0.05, 0.1) is 6.54 Å². The minimum atomic E-state index is -0.502. The molecule has 1 aliphatic carbocycles. The van der Waals surface area contributed by atoms with Crippen LogP contribution in [-0.4, -0.2) is 28.7 Å². The first-order valence-corrected chi connectivity index (χ1v) is 11.3. The second-order valence-electron chi connectivity index (χ2n) is 8.23. The van der Waals surface area contributed by atoms with Gasteiger partial charge >= 0.3 is 0 Å². The zero-order chi connectivity index (χ0) is 22.5. The highest BCUT2D eigenvalue weighted by Gasteiger charge is 2.37. The number of carbonyl (C=O) groups excluding carboxylic acids is 3. The largest absolute Gasteiger partial charge is 0.375 e. The Morgan fingerprint density at radius 2 is 1.59 bits per heavy atom. The van der Waals surface area contributed by atoms with Crippen molar-refractivity contribution in [2.24, 2.45) is 0 Å². The molecule has 1 aliphatic heterocycles. The minimum Gasteiger partial charge on any atom is -0.375 e. The van der Waals surface area contributed by atoms with Crippen LogP contribution in [0.4, 0.5) is 0 Å². The van der Waals surface area contributed by atoms with E-state index in [0.29, 0.717) is 12.1 Å². The van der Waals surface area contributed by atoms with Gasteiger partial charge in [-0.2, -0.15) is 0 Å². The summed E-state index contributed by atoms with van der Waals surface area (Å²) in [5, 5.41) is 6.00. The fourth-order valence-electron chi connectivity index (χ4n) is 4.09. The second kappa shape index (κ2) is 10.0. The van der Waals surface area contributed by atoms with Crippen LogP contribution in [0.5, 0.6) is 0 Å². The van der Waals surface area contributed by atoms with Crippen molar-refractivity contribution < 1.29 is 14.4 Å². The van der Waals surface area contributed by atoms with Gasteiger partial charge < -0.3 is 10.6 Å². The molecule has 0 atom stereocenters. The fraction of sp³-hybridized carbons (Fsp3) is 0.320. The smallest absolute Gasteiger partial charge is 0.278 e. The number of benzene rings is 2. The van der Waals surface area contributed by atoms with Crippen LogP contribution in [0.15, 0.2) is 65.3 Å². The lowest BCUT2D eigenvalue weighted by atomic mass is 9.95. The Kier molecular flexibility index (Phi) is 6.90. The van der Waals surface area contributed by atoms with Crippen LogP contribution in [-0.2, 0) is 22.7 Å². The van der Waals surface area contributed by atoms with Gasteiger partial charge in [0.25, 0.3) is 17.7 Å². The lowest BCUT2D eigenvalue weighted by Gasteiger charge is -2.22. The molecule has 6 nitrogen and oxygen atoms in total. The van der Waals surface area contributed by atoms with Gasteiger partial charge in [-0.3, -0.25) is 19.3 Å². The average Bonchev–Trinajstić information content (AvgIpc) is 3.02. The summed E-state index contributed by atoms with van der Waals surface area (Å²) in [6.07, 6.45) is 5.65. The first-order valence-electron chi connectivity index (χ1n) is 11.0. The van der Waals surface area contributed by atoms with Gasteiger partial charge in [-0.05, 0) is 36.1 Å². The standard InChI is InChI=1S/C25H26ClN3O3/c26-21-22(25(32)29(24(21)31)16-18-7-3-1-4-8-18)27-15-17-11-13-19(14-12-17)23(30)28-20-9-5-2-6-10-20/h1,3-4,7-8,11-14,20,27H,2,5-6,9-10,15-16H2,(H,28,30). The van der Waals surface area contributed by atoms with Crippen LogP contribution in [0, 0.1) is 0 Å². The molecule has 166 valence electrons. The van der Waals surface area contributed by atoms with Crippen molar-refractivity contribution in [3.05, 3.63) is 82.0 Å². The molecule has 0 saturated heterocycles. The van der Waals surface area contributed by atoms with Gasteiger partial charge in [-0.15, -0.1) is 0 Å². The number of hydrogen-bond donors (Lipinski definition) is 2. The molecular formula is C25H26ClN3O3. The van der Waals surface area contributed by atoms with Crippen LogP contribution in [0.2, 0.25) is 0 Å². The van der Waals surface area contributed by atoms with Crippen molar-refractivity contribution >= 4 is 29.3 Å². The first kappa shape index (κ1) is 22.1. The van der Waals surface area contributed by atoms with E-state index >= 15 is 0 Å². The highest BCUT2D eigenvalue weighted by atomic mass is 35.5. The molecule has 1 saturated carbocycles. The molecule has 2 aliphatic rings. The normalized spacial score (nSPS) is 17.1. The molecule has 0 unspecified atom stereocenters. The van der Waals surface area contributed by atoms with Gasteiger partial charge in [0.1, 0.15) is 10.7 Å². The number of rotatable bonds is 7. The van der Waals surface area contributed by atoms with E-state index in [-0.39, 0.29) is 29.2 Å². The molecule has 4 rings (SSSR count). The second-order valence-corrected chi connectivity index (χ2v) is 8.61. The van der Waals surface area contributed by atoms with Gasteiger partial charge in [-0.25, -0.2) is 0 Å². The zero-order valence-corrected chi connectivity index (χ0v) is 18.5. The Balaban J connectivity index is 1.34. The predicted molar refractivity (Wildman–Crippen MR) is 122 cm³/mol. The summed E-state index contributed by atoms with van der Waals surface area (Å²) in [6.45, 7) is 0.485. The third-order valence-corrected chi connectivity index (χ3v) is 6.27. The number of nitrogens with zero attached hydrogens (tertiary/aromatic N) is 1. The number of imide groups is 1. The van der Waals surface area contributed by atoms with E-state index in [1.54, 1.807) is 12.1 Å². The minimum absolute atomic E-state index is 0.0599. The first-order chi connectivity index (χ1) is 15.5. The summed E-state index contributed by atoms with van der Waals surface area (Å²) in [4.78, 5) is 38.8. The van der Waals surface area contributed by atoms with Crippen molar-refractivity contribution in [1.29, 1.82) is 0 Å². The van der Waals surface area contributed by atoms with E-state index < -0.39 is 11.8 Å². The van der Waals surface area contributed by atoms with E-state index in [9.17, 15) is 14.4 Å². The van der Waals surface area contributed by atoms with Gasteiger partial charge in [-0.1, -0.05) is 73.3 Å².